The zero-order valence-corrected chi connectivity index (χ0v) is 20.3. The van der Waals surface area contributed by atoms with Crippen molar-refractivity contribution < 1.29 is 0 Å². The maximum absolute atomic E-state index is 14.3. The Hall–Kier alpha value is -5.30. The molecule has 7 aromatic rings. The largest absolute Gasteiger partial charge is 0.288 e. The van der Waals surface area contributed by atoms with Crippen LogP contribution in [0.25, 0.3) is 50.1 Å². The smallest absolute Gasteiger partial charge is 0.280 e. The fraction of sp³-hybridized carbons (Fsp3) is 0.0323. The summed E-state index contributed by atoms with van der Waals surface area (Å²) in [5.74, 6) is 0. The van der Waals surface area contributed by atoms with Crippen LogP contribution in [0.4, 0.5) is 0 Å². The summed E-state index contributed by atoms with van der Waals surface area (Å²) in [5, 5.41) is 8.74. The van der Waals surface area contributed by atoms with Gasteiger partial charge in [0.25, 0.3) is 5.56 Å². The molecule has 0 unspecified atom stereocenters. The minimum absolute atomic E-state index is 0.167. The van der Waals surface area contributed by atoms with Crippen LogP contribution in [-0.4, -0.2) is 29.4 Å². The fourth-order valence-electron chi connectivity index (χ4n) is 4.99. The molecule has 1 N–H and O–H groups in total. The van der Waals surface area contributed by atoms with Crippen LogP contribution >= 0.6 is 0 Å². The molecule has 0 aliphatic heterocycles. The van der Waals surface area contributed by atoms with Crippen LogP contribution in [0.15, 0.2) is 120 Å². The molecule has 0 saturated carbocycles. The second-order valence-electron chi connectivity index (χ2n) is 9.11. The molecule has 0 aliphatic rings. The molecule has 0 amide bonds. The van der Waals surface area contributed by atoms with Gasteiger partial charge in [0.05, 0.1) is 34.6 Å². The van der Waals surface area contributed by atoms with Gasteiger partial charge in [0.1, 0.15) is 0 Å². The third-order valence-corrected chi connectivity index (χ3v) is 6.74. The molecule has 38 heavy (non-hydrogen) atoms. The lowest BCUT2D eigenvalue weighted by Crippen LogP contribution is -2.21. The van der Waals surface area contributed by atoms with E-state index in [0.29, 0.717) is 23.4 Å². The van der Waals surface area contributed by atoms with E-state index in [2.05, 4.69) is 15.2 Å². The van der Waals surface area contributed by atoms with Crippen molar-refractivity contribution in [1.29, 1.82) is 0 Å². The highest BCUT2D eigenvalue weighted by Crippen LogP contribution is 2.35. The number of pyridine rings is 1. The predicted octanol–water partition coefficient (Wildman–Crippen LogP) is 5.82. The van der Waals surface area contributed by atoms with E-state index in [1.165, 1.54) is 0 Å². The molecule has 7 heteroatoms. The van der Waals surface area contributed by atoms with Gasteiger partial charge in [-0.25, -0.2) is 4.98 Å². The molecular weight excluding hydrogens is 472 g/mol. The summed E-state index contributed by atoms with van der Waals surface area (Å²) < 4.78 is 3.36. The minimum atomic E-state index is -0.167. The van der Waals surface area contributed by atoms with Crippen LogP contribution in [0.3, 0.4) is 0 Å². The van der Waals surface area contributed by atoms with Crippen molar-refractivity contribution in [3.8, 4) is 33.5 Å². The number of rotatable bonds is 5. The first kappa shape index (κ1) is 21.9. The SMILES string of the molecule is O=c1c(-c2ccc3ncccc3c2)c(Cn2cccn2)nc2c(-c3ccccc3)c(-c3ccccc3)[nH]n12. The van der Waals surface area contributed by atoms with Crippen molar-refractivity contribution in [3.63, 3.8) is 0 Å². The zero-order valence-electron chi connectivity index (χ0n) is 20.3. The lowest BCUT2D eigenvalue weighted by atomic mass is 10.0. The van der Waals surface area contributed by atoms with Crippen molar-refractivity contribution in [2.45, 2.75) is 6.54 Å². The number of aromatic amines is 1. The molecule has 0 aliphatic carbocycles. The van der Waals surface area contributed by atoms with Gasteiger partial charge in [-0.05, 0) is 35.4 Å². The van der Waals surface area contributed by atoms with Crippen molar-refractivity contribution in [3.05, 3.63) is 132 Å². The lowest BCUT2D eigenvalue weighted by molar-refractivity contribution is 0.671. The summed E-state index contributed by atoms with van der Waals surface area (Å²) >= 11 is 0. The standard InChI is InChI=1S/C31H22N6O/c38-31-27(24-14-15-25-23(19-24)13-7-16-32-25)26(20-36-18-8-17-33-36)34-30-28(21-9-3-1-4-10-21)29(35-37(30)31)22-11-5-2-6-12-22/h1-19,35H,20H2. The van der Waals surface area contributed by atoms with Gasteiger partial charge in [-0.3, -0.25) is 19.6 Å². The van der Waals surface area contributed by atoms with E-state index in [1.54, 1.807) is 21.6 Å². The number of benzene rings is 3. The van der Waals surface area contributed by atoms with E-state index >= 15 is 0 Å². The molecule has 0 spiro atoms. The molecule has 7 rings (SSSR count). The second-order valence-corrected chi connectivity index (χ2v) is 9.11. The van der Waals surface area contributed by atoms with Gasteiger partial charge in [0.15, 0.2) is 5.65 Å². The Morgan fingerprint density at radius 2 is 1.53 bits per heavy atom. The summed E-state index contributed by atoms with van der Waals surface area (Å²) in [6, 6.07) is 31.7. The number of nitrogens with one attached hydrogen (secondary N) is 1. The molecule has 4 aromatic heterocycles. The van der Waals surface area contributed by atoms with Crippen LogP contribution in [0.1, 0.15) is 5.69 Å². The molecule has 182 valence electrons. The van der Waals surface area contributed by atoms with E-state index in [-0.39, 0.29) is 5.56 Å². The summed E-state index contributed by atoms with van der Waals surface area (Å²) in [4.78, 5) is 23.9. The molecule has 0 radical (unpaired) electrons. The van der Waals surface area contributed by atoms with Gasteiger partial charge in [0, 0.05) is 29.5 Å². The van der Waals surface area contributed by atoms with Gasteiger partial charge in [-0.15, -0.1) is 0 Å². The van der Waals surface area contributed by atoms with E-state index in [0.717, 1.165) is 38.9 Å². The molecule has 3 aromatic carbocycles. The first-order chi connectivity index (χ1) is 18.8. The number of nitrogens with zero attached hydrogens (tertiary/aromatic N) is 5. The van der Waals surface area contributed by atoms with E-state index in [1.807, 2.05) is 103 Å². The van der Waals surface area contributed by atoms with Crippen molar-refractivity contribution in [2.24, 2.45) is 0 Å². The Bertz CT molecular complexity index is 1960. The van der Waals surface area contributed by atoms with Gasteiger partial charge < -0.3 is 0 Å². The van der Waals surface area contributed by atoms with Gasteiger partial charge in [0.2, 0.25) is 0 Å². The second kappa shape index (κ2) is 8.97. The first-order valence-corrected chi connectivity index (χ1v) is 12.4. The van der Waals surface area contributed by atoms with Crippen LogP contribution < -0.4 is 5.56 Å². The highest BCUT2D eigenvalue weighted by Gasteiger charge is 2.23. The molecule has 0 saturated heterocycles. The predicted molar refractivity (Wildman–Crippen MR) is 149 cm³/mol. The van der Waals surface area contributed by atoms with Gasteiger partial charge >= 0.3 is 0 Å². The Balaban J connectivity index is 1.56. The maximum Gasteiger partial charge on any atom is 0.280 e. The summed E-state index contributed by atoms with van der Waals surface area (Å²) in [7, 11) is 0. The third kappa shape index (κ3) is 3.69. The summed E-state index contributed by atoms with van der Waals surface area (Å²) in [5.41, 5.74) is 6.93. The number of hydrogen-bond acceptors (Lipinski definition) is 4. The van der Waals surface area contributed by atoms with Gasteiger partial charge in [-0.2, -0.15) is 9.61 Å². The topological polar surface area (TPSA) is 80.9 Å². The number of H-pyrrole nitrogens is 1. The summed E-state index contributed by atoms with van der Waals surface area (Å²) in [6.45, 7) is 0.360. The number of fused-ring (bicyclic) bond motifs is 2. The highest BCUT2D eigenvalue weighted by atomic mass is 16.1. The minimum Gasteiger partial charge on any atom is -0.288 e. The van der Waals surface area contributed by atoms with E-state index in [9.17, 15) is 4.79 Å². The number of hydrogen-bond donors (Lipinski definition) is 1. The molecule has 0 fully saturated rings. The normalized spacial score (nSPS) is 11.4. The third-order valence-electron chi connectivity index (χ3n) is 6.74. The average Bonchev–Trinajstić information content (AvgIpc) is 3.62. The van der Waals surface area contributed by atoms with Crippen molar-refractivity contribution >= 4 is 16.6 Å². The monoisotopic (exact) mass is 494 g/mol. The van der Waals surface area contributed by atoms with E-state index in [4.69, 9.17) is 4.98 Å². The molecule has 4 heterocycles. The average molecular weight is 495 g/mol. The number of aromatic nitrogens is 6. The Kier molecular flexibility index (Phi) is 5.18. The highest BCUT2D eigenvalue weighted by molar-refractivity contribution is 5.91. The first-order valence-electron chi connectivity index (χ1n) is 12.4. The Morgan fingerprint density at radius 3 is 2.29 bits per heavy atom. The molecular formula is C31H22N6O. The van der Waals surface area contributed by atoms with Crippen molar-refractivity contribution in [2.75, 3.05) is 0 Å². The molecule has 0 atom stereocenters. The maximum atomic E-state index is 14.3. The Morgan fingerprint density at radius 1 is 0.737 bits per heavy atom. The van der Waals surface area contributed by atoms with Crippen LogP contribution in [0.5, 0.6) is 0 Å². The van der Waals surface area contributed by atoms with E-state index < -0.39 is 0 Å². The molecule has 7 nitrogen and oxygen atoms in total. The quantitative estimate of drug-likeness (QED) is 0.327. The molecule has 0 bridgehead atoms. The fourth-order valence-corrected chi connectivity index (χ4v) is 4.99. The lowest BCUT2D eigenvalue weighted by Gasteiger charge is -2.11. The zero-order chi connectivity index (χ0) is 25.5. The van der Waals surface area contributed by atoms with Crippen LogP contribution in [0.2, 0.25) is 0 Å². The van der Waals surface area contributed by atoms with Crippen molar-refractivity contribution in [1.82, 2.24) is 29.4 Å². The summed E-state index contributed by atoms with van der Waals surface area (Å²) in [6.07, 6.45) is 5.37. The van der Waals surface area contributed by atoms with Crippen LogP contribution in [-0.2, 0) is 6.54 Å². The Labute approximate surface area is 217 Å². The van der Waals surface area contributed by atoms with Gasteiger partial charge in [-0.1, -0.05) is 72.8 Å². The van der Waals surface area contributed by atoms with Crippen LogP contribution in [0, 0.1) is 0 Å².